The van der Waals surface area contributed by atoms with Gasteiger partial charge in [0.1, 0.15) is 6.10 Å². The number of nitrogens with one attached hydrogen (secondary N) is 1. The van der Waals surface area contributed by atoms with Gasteiger partial charge in [-0.25, -0.2) is 0 Å². The van der Waals surface area contributed by atoms with Gasteiger partial charge in [-0.05, 0) is 128 Å². The number of carbonyl (C=O) groups excluding carboxylic acids is 2. The number of carboxylic acid groups (broad SMARTS) is 1. The first kappa shape index (κ1) is 39.5. The summed E-state index contributed by atoms with van der Waals surface area (Å²) in [5.41, 5.74) is 1.55. The molecule has 8 heteroatoms. The van der Waals surface area contributed by atoms with Crippen LogP contribution in [0.25, 0.3) is 0 Å². The zero-order chi connectivity index (χ0) is 38.2. The molecule has 0 aliphatic heterocycles. The van der Waals surface area contributed by atoms with Crippen LogP contribution >= 0.6 is 11.6 Å². The molecule has 0 spiro atoms. The molecule has 52 heavy (non-hydrogen) atoms. The fourth-order valence-corrected chi connectivity index (χ4v) is 13.2. The number of esters is 1. The van der Waals surface area contributed by atoms with Crippen LogP contribution < -0.4 is 5.32 Å². The molecular formula is C44H64ClNO6. The second kappa shape index (κ2) is 13.5. The van der Waals surface area contributed by atoms with Gasteiger partial charge in [0, 0.05) is 35.4 Å². The number of halogens is 1. The van der Waals surface area contributed by atoms with Crippen LogP contribution in [0.5, 0.6) is 0 Å². The van der Waals surface area contributed by atoms with Gasteiger partial charge >= 0.3 is 11.9 Å². The van der Waals surface area contributed by atoms with Crippen LogP contribution in [0, 0.1) is 56.2 Å². The fourth-order valence-electron chi connectivity index (χ4n) is 13.1. The van der Waals surface area contributed by atoms with E-state index in [0.29, 0.717) is 36.4 Å². The lowest BCUT2D eigenvalue weighted by Gasteiger charge is -2.72. The molecule has 3 N–H and O–H groups in total. The van der Waals surface area contributed by atoms with Gasteiger partial charge in [-0.15, -0.1) is 0 Å². The maximum absolute atomic E-state index is 14.0. The molecule has 5 aliphatic carbocycles. The zero-order valence-electron chi connectivity index (χ0n) is 33.2. The molecule has 1 aromatic rings. The summed E-state index contributed by atoms with van der Waals surface area (Å²) in [5.74, 6) is 0.0352. The van der Waals surface area contributed by atoms with Crippen molar-refractivity contribution < 1.29 is 29.3 Å². The van der Waals surface area contributed by atoms with Crippen LogP contribution in [-0.2, 0) is 25.7 Å². The number of ketones is 1. The first-order chi connectivity index (χ1) is 24.1. The molecule has 0 radical (unpaired) electrons. The minimum Gasteiger partial charge on any atom is -0.481 e. The third-order valence-corrected chi connectivity index (χ3v) is 16.3. The molecule has 4 fully saturated rings. The van der Waals surface area contributed by atoms with Crippen molar-refractivity contribution in [2.45, 2.75) is 145 Å². The first-order valence-corrected chi connectivity index (χ1v) is 20.4. The Bertz CT molecular complexity index is 1610. The number of ether oxygens (including phenoxy) is 1. The number of aliphatic hydroxyl groups is 1. The predicted molar refractivity (Wildman–Crippen MR) is 205 cm³/mol. The van der Waals surface area contributed by atoms with Crippen molar-refractivity contribution in [2.75, 3.05) is 6.54 Å². The molecule has 0 bridgehead atoms. The minimum absolute atomic E-state index is 0.0141. The van der Waals surface area contributed by atoms with E-state index < -0.39 is 28.9 Å². The highest BCUT2D eigenvalue weighted by molar-refractivity contribution is 6.30. The van der Waals surface area contributed by atoms with Crippen LogP contribution in [-0.4, -0.2) is 46.7 Å². The van der Waals surface area contributed by atoms with Gasteiger partial charge in [-0.3, -0.25) is 14.4 Å². The highest BCUT2D eigenvalue weighted by atomic mass is 35.5. The van der Waals surface area contributed by atoms with E-state index in [2.05, 4.69) is 53.8 Å². The van der Waals surface area contributed by atoms with Crippen molar-refractivity contribution in [3.8, 4) is 0 Å². The Morgan fingerprint density at radius 1 is 0.942 bits per heavy atom. The molecule has 0 aromatic heterocycles. The minimum atomic E-state index is -1.17. The van der Waals surface area contributed by atoms with E-state index in [4.69, 9.17) is 16.3 Å². The summed E-state index contributed by atoms with van der Waals surface area (Å²) in [4.78, 5) is 38.8. The average molecular weight is 738 g/mol. The summed E-state index contributed by atoms with van der Waals surface area (Å²) in [7, 11) is 0. The van der Waals surface area contributed by atoms with Crippen molar-refractivity contribution in [2.24, 2.45) is 56.2 Å². The van der Waals surface area contributed by atoms with Crippen molar-refractivity contribution >= 4 is 29.3 Å². The van der Waals surface area contributed by atoms with E-state index in [9.17, 15) is 24.6 Å². The number of Topliss-reactive ketones (excluding diaryl/α,β-unsaturated/α-hetero) is 1. The molecule has 7 nitrogen and oxygen atoms in total. The Morgan fingerprint density at radius 2 is 1.62 bits per heavy atom. The van der Waals surface area contributed by atoms with Gasteiger partial charge in [0.15, 0.2) is 5.78 Å². The molecule has 1 aromatic carbocycles. The number of aliphatic hydroxyl groups excluding tert-OH is 1. The van der Waals surface area contributed by atoms with Gasteiger partial charge < -0.3 is 20.3 Å². The average Bonchev–Trinajstić information content (AvgIpc) is 3.36. The number of aliphatic carboxylic acids is 1. The number of benzene rings is 1. The Labute approximate surface area is 317 Å². The molecule has 5 aliphatic rings. The summed E-state index contributed by atoms with van der Waals surface area (Å²) in [6, 6.07) is 7.79. The van der Waals surface area contributed by atoms with E-state index in [1.807, 2.05) is 24.3 Å². The van der Waals surface area contributed by atoms with Crippen molar-refractivity contribution in [3.63, 3.8) is 0 Å². The molecule has 6 rings (SSSR count). The molecule has 4 saturated carbocycles. The smallest absolute Gasteiger partial charge is 0.309 e. The topological polar surface area (TPSA) is 113 Å². The third kappa shape index (κ3) is 6.11. The van der Waals surface area contributed by atoms with Gasteiger partial charge in [-0.2, -0.15) is 0 Å². The molecule has 0 amide bonds. The van der Waals surface area contributed by atoms with Gasteiger partial charge in [0.25, 0.3) is 0 Å². The van der Waals surface area contributed by atoms with Crippen LogP contribution in [0.3, 0.4) is 0 Å². The summed E-state index contributed by atoms with van der Waals surface area (Å²) >= 11 is 6.10. The van der Waals surface area contributed by atoms with Crippen molar-refractivity contribution in [3.05, 3.63) is 46.0 Å². The van der Waals surface area contributed by atoms with Crippen molar-refractivity contribution in [1.29, 1.82) is 0 Å². The molecule has 0 unspecified atom stereocenters. The van der Waals surface area contributed by atoms with Crippen molar-refractivity contribution in [1.82, 2.24) is 5.32 Å². The quantitative estimate of drug-likeness (QED) is 0.205. The summed E-state index contributed by atoms with van der Waals surface area (Å²) in [6.45, 7) is 20.7. The van der Waals surface area contributed by atoms with E-state index in [1.54, 1.807) is 13.8 Å². The van der Waals surface area contributed by atoms with E-state index >= 15 is 0 Å². The number of hydrogen-bond acceptors (Lipinski definition) is 6. The molecule has 288 valence electrons. The summed E-state index contributed by atoms with van der Waals surface area (Å²) in [6.07, 6.45) is 7.17. The first-order valence-electron chi connectivity index (χ1n) is 20.0. The Morgan fingerprint density at radius 3 is 2.25 bits per heavy atom. The molecular weight excluding hydrogens is 674 g/mol. The van der Waals surface area contributed by atoms with E-state index in [-0.39, 0.29) is 51.8 Å². The largest absolute Gasteiger partial charge is 0.481 e. The highest BCUT2D eigenvalue weighted by Gasteiger charge is 2.70. The number of fused-ring (bicyclic) bond motifs is 7. The molecule has 9 atom stereocenters. The number of rotatable bonds is 10. The third-order valence-electron chi connectivity index (χ3n) is 16.1. The van der Waals surface area contributed by atoms with E-state index in [0.717, 1.165) is 62.5 Å². The van der Waals surface area contributed by atoms with Crippen LogP contribution in [0.15, 0.2) is 35.4 Å². The maximum atomic E-state index is 14.0. The number of allylic oxidation sites excluding steroid dienone is 1. The maximum Gasteiger partial charge on any atom is 0.309 e. The lowest BCUT2D eigenvalue weighted by Crippen LogP contribution is -2.66. The Balaban J connectivity index is 1.26. The second-order valence-electron chi connectivity index (χ2n) is 19.8. The predicted octanol–water partition coefficient (Wildman–Crippen LogP) is 9.18. The number of carboxylic acids is 1. The molecule has 0 saturated heterocycles. The zero-order valence-corrected chi connectivity index (χ0v) is 33.9. The Hall–Kier alpha value is -2.22. The number of hydrogen-bond donors (Lipinski definition) is 3. The lowest BCUT2D eigenvalue weighted by molar-refractivity contribution is -0.235. The van der Waals surface area contributed by atoms with E-state index in [1.165, 1.54) is 5.57 Å². The normalized spacial score (nSPS) is 37.5. The second-order valence-corrected chi connectivity index (χ2v) is 20.3. The number of carbonyl (C=O) groups is 3. The van der Waals surface area contributed by atoms with Crippen LogP contribution in [0.4, 0.5) is 0 Å². The fraction of sp³-hybridized carbons (Fsp3) is 0.750. The van der Waals surface area contributed by atoms with Crippen LogP contribution in [0.2, 0.25) is 5.02 Å². The standard InChI is InChI=1S/C44H64ClNO6/c1-26(2)36-30(47)22-44(33(48)25-46-24-27-10-12-28(45)13-11-27)21-20-42(8)29(37(36)44)14-15-32-41(7)18-17-34(52-35(49)23-39(3,4)38(50)51)40(5,6)31(41)16-19-43(32,42)9/h10-13,26,29,31-34,46,48H,14-25H2,1-9H3,(H,50,51)/t29-,31+,32-,33+,34+,41+,42-,43-,44+/m1/s1. The summed E-state index contributed by atoms with van der Waals surface area (Å²) < 4.78 is 6.16. The SMILES string of the molecule is CC(C)C1=C2[C@H]3CC[C@@H]4[C@@]5(C)CC[C@H](OC(=O)CC(C)(C)C(=O)O)C(C)(C)[C@@H]5CC[C@@]4(C)[C@]3(C)CC[C@@]2([C@@H](O)CNCc2ccc(Cl)cc2)CC1=O. The van der Waals surface area contributed by atoms with Gasteiger partial charge in [-0.1, -0.05) is 77.8 Å². The highest BCUT2D eigenvalue weighted by Crippen LogP contribution is 2.77. The lowest BCUT2D eigenvalue weighted by atomic mass is 9.33. The Kier molecular flexibility index (Phi) is 10.3. The van der Waals surface area contributed by atoms with Gasteiger partial charge in [0.05, 0.1) is 17.9 Å². The van der Waals surface area contributed by atoms with Crippen LogP contribution in [0.1, 0.15) is 132 Å². The molecule has 0 heterocycles. The summed E-state index contributed by atoms with van der Waals surface area (Å²) in [5, 5.41) is 26.0. The van der Waals surface area contributed by atoms with Gasteiger partial charge in [0.2, 0.25) is 0 Å². The monoisotopic (exact) mass is 737 g/mol.